The van der Waals surface area contributed by atoms with E-state index in [2.05, 4.69) is 5.32 Å². The molecule has 0 aliphatic carbocycles. The molecule has 2 atom stereocenters. The van der Waals surface area contributed by atoms with Gasteiger partial charge in [0.05, 0.1) is 0 Å². The van der Waals surface area contributed by atoms with Gasteiger partial charge in [-0.1, -0.05) is 45.0 Å². The minimum Gasteiger partial charge on any atom is -0.480 e. The van der Waals surface area contributed by atoms with Crippen LogP contribution in [0.1, 0.15) is 44.7 Å². The van der Waals surface area contributed by atoms with Gasteiger partial charge in [-0.05, 0) is 23.5 Å². The van der Waals surface area contributed by atoms with Crippen molar-refractivity contribution < 1.29 is 19.5 Å². The number of nitrogens with zero attached hydrogens (tertiary/aromatic N) is 1. The Morgan fingerprint density at radius 1 is 1.24 bits per heavy atom. The quantitative estimate of drug-likeness (QED) is 0.824. The molecule has 1 aromatic carbocycles. The van der Waals surface area contributed by atoms with Crippen molar-refractivity contribution in [2.75, 3.05) is 0 Å². The van der Waals surface area contributed by atoms with Crippen molar-refractivity contribution in [1.82, 2.24) is 10.2 Å². The Morgan fingerprint density at radius 3 is 2.44 bits per heavy atom. The smallest absolute Gasteiger partial charge is 0.326 e. The summed E-state index contributed by atoms with van der Waals surface area (Å²) in [6, 6.07) is 6.13. The first-order valence-corrected chi connectivity index (χ1v) is 8.72. The predicted molar refractivity (Wildman–Crippen MR) is 93.8 cm³/mol. The molecule has 0 radical (unpaired) electrons. The van der Waals surface area contributed by atoms with E-state index < -0.39 is 24.0 Å². The van der Waals surface area contributed by atoms with Gasteiger partial charge in [0.25, 0.3) is 0 Å². The third-order valence-electron chi connectivity index (χ3n) is 4.48. The highest BCUT2D eigenvalue weighted by Gasteiger charge is 2.35. The molecule has 0 saturated carbocycles. The maximum Gasteiger partial charge on any atom is 0.326 e. The molecular formula is C19H26N2O4. The van der Waals surface area contributed by atoms with Crippen molar-refractivity contribution in [1.29, 1.82) is 0 Å². The summed E-state index contributed by atoms with van der Waals surface area (Å²) in [5.74, 6) is -1.35. The second-order valence-corrected chi connectivity index (χ2v) is 6.92. The van der Waals surface area contributed by atoms with Gasteiger partial charge >= 0.3 is 5.97 Å². The van der Waals surface area contributed by atoms with Gasteiger partial charge in [0, 0.05) is 19.4 Å². The van der Waals surface area contributed by atoms with Crippen molar-refractivity contribution in [3.8, 4) is 0 Å². The van der Waals surface area contributed by atoms with Crippen LogP contribution >= 0.6 is 0 Å². The molecule has 136 valence electrons. The van der Waals surface area contributed by atoms with Crippen LogP contribution in [0.15, 0.2) is 24.3 Å². The molecule has 6 heteroatoms. The van der Waals surface area contributed by atoms with Gasteiger partial charge in [-0.15, -0.1) is 0 Å². The molecule has 2 rings (SSSR count). The fourth-order valence-corrected chi connectivity index (χ4v) is 3.09. The van der Waals surface area contributed by atoms with Gasteiger partial charge in [0.2, 0.25) is 11.8 Å². The molecule has 25 heavy (non-hydrogen) atoms. The molecule has 0 aromatic heterocycles. The number of benzene rings is 1. The Labute approximate surface area is 148 Å². The number of carbonyl (C=O) groups excluding carboxylic acids is 2. The summed E-state index contributed by atoms with van der Waals surface area (Å²) in [5, 5.41) is 11.7. The summed E-state index contributed by atoms with van der Waals surface area (Å²) in [5.41, 5.74) is 2.06. The van der Waals surface area contributed by atoms with Crippen LogP contribution in [0.2, 0.25) is 0 Å². The van der Waals surface area contributed by atoms with Crippen molar-refractivity contribution in [2.45, 2.75) is 58.7 Å². The van der Waals surface area contributed by atoms with Gasteiger partial charge < -0.3 is 15.3 Å². The van der Waals surface area contributed by atoms with Crippen LogP contribution in [0.25, 0.3) is 0 Å². The number of carbonyl (C=O) groups is 3. The van der Waals surface area contributed by atoms with E-state index in [1.807, 2.05) is 38.1 Å². The molecule has 2 N–H and O–H groups in total. The minimum absolute atomic E-state index is 0.0759. The molecule has 1 heterocycles. The lowest BCUT2D eigenvalue weighted by Gasteiger charge is -2.37. The molecule has 0 saturated heterocycles. The van der Waals surface area contributed by atoms with E-state index >= 15 is 0 Å². The molecule has 1 aliphatic heterocycles. The number of hydrogen-bond acceptors (Lipinski definition) is 3. The van der Waals surface area contributed by atoms with Gasteiger partial charge in [-0.25, -0.2) is 4.79 Å². The van der Waals surface area contributed by atoms with E-state index in [-0.39, 0.29) is 11.8 Å². The molecule has 1 aliphatic rings. The van der Waals surface area contributed by atoms with E-state index in [1.54, 1.807) is 11.8 Å². The summed E-state index contributed by atoms with van der Waals surface area (Å²) in [6.45, 7) is 6.01. The number of hydrogen-bond donors (Lipinski definition) is 2. The fourth-order valence-electron chi connectivity index (χ4n) is 3.09. The standard InChI is InChI=1S/C19H26N2O4/c1-4-15(19(24)25)20-18(23)16-10-13-7-5-6-8-14(13)11-21(16)17(22)9-12(2)3/h5-8,12,15-16H,4,9-11H2,1-3H3,(H,20,23)(H,24,25). The van der Waals surface area contributed by atoms with E-state index in [4.69, 9.17) is 0 Å². The normalized spacial score (nSPS) is 17.8. The second kappa shape index (κ2) is 8.14. The number of aliphatic carboxylic acids is 1. The zero-order valence-electron chi connectivity index (χ0n) is 15.0. The minimum atomic E-state index is -1.06. The highest BCUT2D eigenvalue weighted by molar-refractivity contribution is 5.91. The van der Waals surface area contributed by atoms with Gasteiger partial charge in [-0.2, -0.15) is 0 Å². The number of carboxylic acid groups (broad SMARTS) is 1. The zero-order valence-corrected chi connectivity index (χ0v) is 15.0. The molecule has 6 nitrogen and oxygen atoms in total. The number of fused-ring (bicyclic) bond motifs is 1. The number of nitrogens with one attached hydrogen (secondary N) is 1. The van der Waals surface area contributed by atoms with E-state index in [0.717, 1.165) is 11.1 Å². The first kappa shape index (κ1) is 19.0. The summed E-state index contributed by atoms with van der Waals surface area (Å²) >= 11 is 0. The molecule has 0 bridgehead atoms. The van der Waals surface area contributed by atoms with Gasteiger partial charge in [0.15, 0.2) is 0 Å². The van der Waals surface area contributed by atoms with Crippen molar-refractivity contribution in [3.05, 3.63) is 35.4 Å². The van der Waals surface area contributed by atoms with Crippen molar-refractivity contribution in [3.63, 3.8) is 0 Å². The summed E-state index contributed by atoms with van der Waals surface area (Å²) in [4.78, 5) is 38.2. The first-order chi connectivity index (χ1) is 11.8. The van der Waals surface area contributed by atoms with Crippen molar-refractivity contribution in [2.24, 2.45) is 5.92 Å². The maximum absolute atomic E-state index is 12.7. The molecule has 0 fully saturated rings. The molecule has 2 unspecified atom stereocenters. The Hall–Kier alpha value is -2.37. The van der Waals surface area contributed by atoms with Crippen molar-refractivity contribution >= 4 is 17.8 Å². The van der Waals surface area contributed by atoms with Crippen LogP contribution in [0.4, 0.5) is 0 Å². The Kier molecular flexibility index (Phi) is 6.17. The Morgan fingerprint density at radius 2 is 1.88 bits per heavy atom. The van der Waals surface area contributed by atoms with Crippen LogP contribution in [0.3, 0.4) is 0 Å². The average molecular weight is 346 g/mol. The van der Waals surface area contributed by atoms with E-state index in [0.29, 0.717) is 25.8 Å². The SMILES string of the molecule is CCC(NC(=O)C1Cc2ccccc2CN1C(=O)CC(C)C)C(=O)O. The molecule has 2 amide bonds. The van der Waals surface area contributed by atoms with E-state index in [1.165, 1.54) is 0 Å². The summed E-state index contributed by atoms with van der Waals surface area (Å²) in [7, 11) is 0. The highest BCUT2D eigenvalue weighted by atomic mass is 16.4. The van der Waals surface area contributed by atoms with Crippen LogP contribution in [-0.2, 0) is 27.3 Å². The number of amides is 2. The van der Waals surface area contributed by atoms with Crippen LogP contribution in [-0.4, -0.2) is 39.9 Å². The lowest BCUT2D eigenvalue weighted by molar-refractivity contribution is -0.145. The summed E-state index contributed by atoms with van der Waals surface area (Å²) in [6.07, 6.45) is 1.06. The molecule has 0 spiro atoms. The third-order valence-corrected chi connectivity index (χ3v) is 4.48. The monoisotopic (exact) mass is 346 g/mol. The van der Waals surface area contributed by atoms with Crippen LogP contribution in [0, 0.1) is 5.92 Å². The first-order valence-electron chi connectivity index (χ1n) is 8.72. The van der Waals surface area contributed by atoms with E-state index in [9.17, 15) is 19.5 Å². The van der Waals surface area contributed by atoms with Crippen LogP contribution < -0.4 is 5.32 Å². The predicted octanol–water partition coefficient (Wildman–Crippen LogP) is 1.97. The lowest BCUT2D eigenvalue weighted by Crippen LogP contribution is -2.55. The third kappa shape index (κ3) is 4.59. The molecular weight excluding hydrogens is 320 g/mol. The fraction of sp³-hybridized carbons (Fsp3) is 0.526. The molecule has 1 aromatic rings. The number of rotatable bonds is 6. The van der Waals surface area contributed by atoms with Crippen LogP contribution in [0.5, 0.6) is 0 Å². The lowest BCUT2D eigenvalue weighted by atomic mass is 9.92. The van der Waals surface area contributed by atoms with Gasteiger partial charge in [0.1, 0.15) is 12.1 Å². The van der Waals surface area contributed by atoms with Gasteiger partial charge in [-0.3, -0.25) is 9.59 Å². The topological polar surface area (TPSA) is 86.7 Å². The largest absolute Gasteiger partial charge is 0.480 e. The maximum atomic E-state index is 12.7. The Bertz CT molecular complexity index is 657. The number of carboxylic acids is 1. The average Bonchev–Trinajstić information content (AvgIpc) is 2.57. The summed E-state index contributed by atoms with van der Waals surface area (Å²) < 4.78 is 0. The zero-order chi connectivity index (χ0) is 18.6. The Balaban J connectivity index is 2.25. The highest BCUT2D eigenvalue weighted by Crippen LogP contribution is 2.25. The second-order valence-electron chi connectivity index (χ2n) is 6.92.